The van der Waals surface area contributed by atoms with E-state index < -0.39 is 0 Å². The number of anilines is 1. The molecule has 1 aromatic heterocycles. The molecule has 0 aromatic carbocycles. The van der Waals surface area contributed by atoms with E-state index >= 15 is 0 Å². The van der Waals surface area contributed by atoms with E-state index in [9.17, 15) is 0 Å². The maximum absolute atomic E-state index is 5.61. The summed E-state index contributed by atoms with van der Waals surface area (Å²) < 4.78 is 0. The maximum Gasteiger partial charge on any atom is 0.128 e. The zero-order valence-electron chi connectivity index (χ0n) is 12.9. The molecule has 0 saturated carbocycles. The molecule has 2 N–H and O–H groups in total. The van der Waals surface area contributed by atoms with Crippen molar-refractivity contribution in [2.75, 3.05) is 37.6 Å². The molecule has 1 fully saturated rings. The van der Waals surface area contributed by atoms with E-state index in [4.69, 9.17) is 5.73 Å². The van der Waals surface area contributed by atoms with Gasteiger partial charge in [0.2, 0.25) is 0 Å². The molecule has 0 spiro atoms. The summed E-state index contributed by atoms with van der Waals surface area (Å²) in [5.41, 5.74) is 6.71. The van der Waals surface area contributed by atoms with Crippen molar-refractivity contribution in [1.82, 2.24) is 9.88 Å². The second kappa shape index (κ2) is 7.60. The van der Waals surface area contributed by atoms with Gasteiger partial charge in [-0.25, -0.2) is 4.98 Å². The van der Waals surface area contributed by atoms with E-state index in [2.05, 4.69) is 40.8 Å². The van der Waals surface area contributed by atoms with E-state index in [0.717, 1.165) is 43.5 Å². The lowest BCUT2D eigenvalue weighted by molar-refractivity contribution is 0.219. The van der Waals surface area contributed by atoms with Crippen LogP contribution in [0, 0.1) is 5.92 Å². The van der Waals surface area contributed by atoms with Crippen molar-refractivity contribution in [2.24, 2.45) is 11.7 Å². The van der Waals surface area contributed by atoms with Crippen LogP contribution in [0.25, 0.3) is 0 Å². The van der Waals surface area contributed by atoms with Gasteiger partial charge < -0.3 is 10.6 Å². The highest BCUT2D eigenvalue weighted by Crippen LogP contribution is 2.15. The van der Waals surface area contributed by atoms with Crippen molar-refractivity contribution >= 4 is 5.82 Å². The summed E-state index contributed by atoms with van der Waals surface area (Å²) >= 11 is 0. The highest BCUT2D eigenvalue weighted by atomic mass is 15.3. The Bertz CT molecular complexity index is 382. The quantitative estimate of drug-likeness (QED) is 0.864. The monoisotopic (exact) mass is 276 g/mol. The van der Waals surface area contributed by atoms with Crippen LogP contribution in [-0.4, -0.2) is 42.6 Å². The van der Waals surface area contributed by atoms with Crippen molar-refractivity contribution in [3.8, 4) is 0 Å². The maximum atomic E-state index is 5.61. The lowest BCUT2D eigenvalue weighted by Crippen LogP contribution is -2.47. The van der Waals surface area contributed by atoms with Crippen LogP contribution in [0.2, 0.25) is 0 Å². The van der Waals surface area contributed by atoms with Gasteiger partial charge in [0.15, 0.2) is 0 Å². The zero-order valence-corrected chi connectivity index (χ0v) is 12.9. The summed E-state index contributed by atoms with van der Waals surface area (Å²) in [5, 5.41) is 0. The standard InChI is InChI=1S/C16H28N4/c1-3-4-14(2)13-19-7-9-20(10-8-19)16-6-5-15(11-17)12-18-16/h5-6,12,14H,3-4,7-11,13,17H2,1-2H3. The molecule has 0 bridgehead atoms. The Balaban J connectivity index is 1.81. The summed E-state index contributed by atoms with van der Waals surface area (Å²) in [4.78, 5) is 9.48. The first-order chi connectivity index (χ1) is 9.72. The van der Waals surface area contributed by atoms with Crippen LogP contribution in [0.3, 0.4) is 0 Å². The minimum absolute atomic E-state index is 0.566. The van der Waals surface area contributed by atoms with Crippen molar-refractivity contribution in [3.05, 3.63) is 23.9 Å². The van der Waals surface area contributed by atoms with E-state index in [1.807, 2.05) is 6.20 Å². The molecule has 0 radical (unpaired) electrons. The zero-order chi connectivity index (χ0) is 14.4. The van der Waals surface area contributed by atoms with Gasteiger partial charge in [0.25, 0.3) is 0 Å². The molecule has 4 nitrogen and oxygen atoms in total. The van der Waals surface area contributed by atoms with Gasteiger partial charge in [-0.1, -0.05) is 26.3 Å². The summed E-state index contributed by atoms with van der Waals surface area (Å²) in [6, 6.07) is 4.18. The lowest BCUT2D eigenvalue weighted by Gasteiger charge is -2.36. The van der Waals surface area contributed by atoms with Crippen LogP contribution >= 0.6 is 0 Å². The van der Waals surface area contributed by atoms with E-state index in [-0.39, 0.29) is 0 Å². The fourth-order valence-electron chi connectivity index (χ4n) is 2.91. The van der Waals surface area contributed by atoms with Gasteiger partial charge >= 0.3 is 0 Å². The Kier molecular flexibility index (Phi) is 5.80. The second-order valence-corrected chi connectivity index (χ2v) is 5.91. The molecule has 112 valence electrons. The number of hydrogen-bond donors (Lipinski definition) is 1. The molecule has 4 heteroatoms. The van der Waals surface area contributed by atoms with Gasteiger partial charge in [-0.05, 0) is 24.0 Å². The average molecular weight is 276 g/mol. The summed E-state index contributed by atoms with van der Waals surface area (Å²) in [7, 11) is 0. The first-order valence-corrected chi connectivity index (χ1v) is 7.85. The third kappa shape index (κ3) is 4.18. The highest BCUT2D eigenvalue weighted by molar-refractivity contribution is 5.39. The van der Waals surface area contributed by atoms with Gasteiger partial charge in [0, 0.05) is 45.5 Å². The number of piperazine rings is 1. The molecule has 0 amide bonds. The van der Waals surface area contributed by atoms with Gasteiger partial charge in [-0.15, -0.1) is 0 Å². The Morgan fingerprint density at radius 1 is 1.25 bits per heavy atom. The smallest absolute Gasteiger partial charge is 0.128 e. The normalized spacial score (nSPS) is 18.2. The molecular weight excluding hydrogens is 248 g/mol. The summed E-state index contributed by atoms with van der Waals surface area (Å²) in [6.07, 6.45) is 4.52. The van der Waals surface area contributed by atoms with Crippen molar-refractivity contribution in [3.63, 3.8) is 0 Å². The van der Waals surface area contributed by atoms with Crippen LogP contribution < -0.4 is 10.6 Å². The Morgan fingerprint density at radius 3 is 2.55 bits per heavy atom. The molecule has 0 aliphatic carbocycles. The molecule has 1 aliphatic heterocycles. The van der Waals surface area contributed by atoms with Gasteiger partial charge in [0.1, 0.15) is 5.82 Å². The van der Waals surface area contributed by atoms with E-state index in [1.54, 1.807) is 0 Å². The molecule has 1 unspecified atom stereocenters. The van der Waals surface area contributed by atoms with Crippen molar-refractivity contribution in [1.29, 1.82) is 0 Å². The third-order valence-corrected chi connectivity index (χ3v) is 4.09. The van der Waals surface area contributed by atoms with E-state index in [0.29, 0.717) is 6.54 Å². The van der Waals surface area contributed by atoms with Crippen molar-refractivity contribution < 1.29 is 0 Å². The Morgan fingerprint density at radius 2 is 2.00 bits per heavy atom. The lowest BCUT2D eigenvalue weighted by atomic mass is 10.1. The molecular formula is C16H28N4. The SMILES string of the molecule is CCCC(C)CN1CCN(c2ccc(CN)cn2)CC1. The fourth-order valence-corrected chi connectivity index (χ4v) is 2.91. The number of nitrogens with two attached hydrogens (primary N) is 1. The number of hydrogen-bond acceptors (Lipinski definition) is 4. The first-order valence-electron chi connectivity index (χ1n) is 7.85. The molecule has 1 aliphatic rings. The molecule has 2 heterocycles. The van der Waals surface area contributed by atoms with Crippen LogP contribution in [0.5, 0.6) is 0 Å². The molecule has 20 heavy (non-hydrogen) atoms. The topological polar surface area (TPSA) is 45.4 Å². The molecule has 1 atom stereocenters. The van der Waals surface area contributed by atoms with Crippen LogP contribution in [-0.2, 0) is 6.54 Å². The van der Waals surface area contributed by atoms with Gasteiger partial charge in [-0.2, -0.15) is 0 Å². The Hall–Kier alpha value is -1.13. The first kappa shape index (κ1) is 15.3. The van der Waals surface area contributed by atoms with E-state index in [1.165, 1.54) is 19.4 Å². The predicted molar refractivity (Wildman–Crippen MR) is 84.9 cm³/mol. The Labute approximate surface area is 123 Å². The van der Waals surface area contributed by atoms with Crippen LogP contribution in [0.1, 0.15) is 32.3 Å². The van der Waals surface area contributed by atoms with Gasteiger partial charge in [-0.3, -0.25) is 4.90 Å². The van der Waals surface area contributed by atoms with Crippen molar-refractivity contribution in [2.45, 2.75) is 33.2 Å². The second-order valence-electron chi connectivity index (χ2n) is 5.91. The number of rotatable bonds is 6. The minimum atomic E-state index is 0.566. The van der Waals surface area contributed by atoms with Gasteiger partial charge in [0.05, 0.1) is 0 Å². The summed E-state index contributed by atoms with van der Waals surface area (Å²) in [5.74, 6) is 1.90. The minimum Gasteiger partial charge on any atom is -0.354 e. The largest absolute Gasteiger partial charge is 0.354 e. The summed E-state index contributed by atoms with van der Waals surface area (Å²) in [6.45, 7) is 10.9. The number of nitrogens with zero attached hydrogens (tertiary/aromatic N) is 3. The number of aromatic nitrogens is 1. The highest BCUT2D eigenvalue weighted by Gasteiger charge is 2.19. The third-order valence-electron chi connectivity index (χ3n) is 4.09. The molecule has 1 saturated heterocycles. The number of pyridine rings is 1. The van der Waals surface area contributed by atoms with Crippen LogP contribution in [0.4, 0.5) is 5.82 Å². The average Bonchev–Trinajstić information content (AvgIpc) is 2.48. The predicted octanol–water partition coefficient (Wildman–Crippen LogP) is 2.10. The molecule has 1 aromatic rings. The van der Waals surface area contributed by atoms with Crippen LogP contribution in [0.15, 0.2) is 18.3 Å². The fraction of sp³-hybridized carbons (Fsp3) is 0.688. The molecule has 2 rings (SSSR count).